The quantitative estimate of drug-likeness (QED) is 0.863. The van der Waals surface area contributed by atoms with Crippen molar-refractivity contribution >= 4 is 5.78 Å². The Bertz CT molecular complexity index is 399. The summed E-state index contributed by atoms with van der Waals surface area (Å²) in [7, 11) is 1.90. The third-order valence-corrected chi connectivity index (χ3v) is 4.04. The third kappa shape index (κ3) is 3.19. The van der Waals surface area contributed by atoms with Crippen LogP contribution in [0.2, 0.25) is 0 Å². The zero-order valence-electron chi connectivity index (χ0n) is 11.1. The van der Waals surface area contributed by atoms with Crippen LogP contribution in [0.1, 0.15) is 37.7 Å². The second-order valence-corrected chi connectivity index (χ2v) is 5.38. The fourth-order valence-electron chi connectivity index (χ4n) is 2.97. The first-order valence-corrected chi connectivity index (χ1v) is 6.91. The minimum Gasteiger partial charge on any atom is -0.330 e. The van der Waals surface area contributed by atoms with E-state index in [1.165, 1.54) is 12.8 Å². The molecule has 1 fully saturated rings. The monoisotopic (exact) mass is 249 g/mol. The number of nitrogens with two attached hydrogens (primary N) is 1. The molecule has 0 aliphatic heterocycles. The van der Waals surface area contributed by atoms with Crippen LogP contribution >= 0.6 is 0 Å². The summed E-state index contributed by atoms with van der Waals surface area (Å²) in [6, 6.07) is 0. The summed E-state index contributed by atoms with van der Waals surface area (Å²) >= 11 is 0. The van der Waals surface area contributed by atoms with Gasteiger partial charge in [0.1, 0.15) is 5.78 Å². The maximum Gasteiger partial charge on any atom is 0.136 e. The summed E-state index contributed by atoms with van der Waals surface area (Å²) in [5.41, 5.74) is 6.92. The first kappa shape index (κ1) is 13.3. The third-order valence-electron chi connectivity index (χ3n) is 4.04. The SMILES string of the molecule is Cn1cc(CCC(=O)C2CCCCC2CN)cn1. The molecule has 1 saturated carbocycles. The molecule has 0 saturated heterocycles. The van der Waals surface area contributed by atoms with Gasteiger partial charge < -0.3 is 5.73 Å². The molecular formula is C14H23N3O. The minimum absolute atomic E-state index is 0.209. The van der Waals surface area contributed by atoms with Crippen LogP contribution in [-0.2, 0) is 18.3 Å². The van der Waals surface area contributed by atoms with Crippen molar-refractivity contribution in [3.8, 4) is 0 Å². The van der Waals surface area contributed by atoms with Crippen LogP contribution in [0, 0.1) is 11.8 Å². The fourth-order valence-corrected chi connectivity index (χ4v) is 2.97. The smallest absolute Gasteiger partial charge is 0.136 e. The van der Waals surface area contributed by atoms with E-state index in [1.807, 2.05) is 19.4 Å². The standard InChI is InChI=1S/C14H23N3O/c1-17-10-11(9-16-17)6-7-14(18)13-5-3-2-4-12(13)8-15/h9-10,12-13H,2-8,15H2,1H3. The molecule has 100 valence electrons. The first-order chi connectivity index (χ1) is 8.70. The molecule has 0 spiro atoms. The number of ketones is 1. The molecule has 1 aliphatic carbocycles. The van der Waals surface area contributed by atoms with E-state index < -0.39 is 0 Å². The second kappa shape index (κ2) is 6.14. The molecule has 4 nitrogen and oxygen atoms in total. The number of aromatic nitrogens is 2. The van der Waals surface area contributed by atoms with E-state index in [2.05, 4.69) is 5.10 Å². The number of rotatable bonds is 5. The van der Waals surface area contributed by atoms with Crippen LogP contribution in [0.4, 0.5) is 0 Å². The Balaban J connectivity index is 1.86. The van der Waals surface area contributed by atoms with Gasteiger partial charge in [-0.15, -0.1) is 0 Å². The van der Waals surface area contributed by atoms with Gasteiger partial charge in [-0.3, -0.25) is 9.48 Å². The highest BCUT2D eigenvalue weighted by atomic mass is 16.1. The van der Waals surface area contributed by atoms with Crippen molar-refractivity contribution < 1.29 is 4.79 Å². The minimum atomic E-state index is 0.209. The van der Waals surface area contributed by atoms with Gasteiger partial charge in [0.25, 0.3) is 0 Å². The van der Waals surface area contributed by atoms with Crippen LogP contribution < -0.4 is 5.73 Å². The topological polar surface area (TPSA) is 60.9 Å². The molecule has 1 aromatic heterocycles. The number of carbonyl (C=O) groups excluding carboxylic acids is 1. The average Bonchev–Trinajstić information content (AvgIpc) is 2.81. The Morgan fingerprint density at radius 2 is 2.28 bits per heavy atom. The van der Waals surface area contributed by atoms with Gasteiger partial charge in [0, 0.05) is 25.6 Å². The largest absolute Gasteiger partial charge is 0.330 e. The Hall–Kier alpha value is -1.16. The number of hydrogen-bond donors (Lipinski definition) is 1. The van der Waals surface area contributed by atoms with Crippen molar-refractivity contribution in [2.24, 2.45) is 24.6 Å². The molecule has 0 aromatic carbocycles. The number of Topliss-reactive ketones (excluding diaryl/α,β-unsaturated/α-hetero) is 1. The molecule has 1 heterocycles. The van der Waals surface area contributed by atoms with Crippen molar-refractivity contribution in [3.05, 3.63) is 18.0 Å². The molecule has 0 amide bonds. The van der Waals surface area contributed by atoms with E-state index in [0.29, 0.717) is 24.7 Å². The summed E-state index contributed by atoms with van der Waals surface area (Å²) in [6.45, 7) is 0.656. The molecule has 2 rings (SSSR count). The average molecular weight is 249 g/mol. The van der Waals surface area contributed by atoms with Crippen molar-refractivity contribution in [1.29, 1.82) is 0 Å². The van der Waals surface area contributed by atoms with E-state index in [-0.39, 0.29) is 5.92 Å². The van der Waals surface area contributed by atoms with Crippen LogP contribution in [0.5, 0.6) is 0 Å². The maximum atomic E-state index is 12.3. The lowest BCUT2D eigenvalue weighted by molar-refractivity contribution is -0.125. The Morgan fingerprint density at radius 3 is 2.94 bits per heavy atom. The first-order valence-electron chi connectivity index (χ1n) is 6.91. The van der Waals surface area contributed by atoms with Crippen molar-refractivity contribution in [3.63, 3.8) is 0 Å². The van der Waals surface area contributed by atoms with E-state index in [4.69, 9.17) is 5.73 Å². The van der Waals surface area contributed by atoms with E-state index in [9.17, 15) is 4.79 Å². The highest BCUT2D eigenvalue weighted by Gasteiger charge is 2.29. The van der Waals surface area contributed by atoms with Crippen LogP contribution in [0.3, 0.4) is 0 Å². The number of hydrogen-bond acceptors (Lipinski definition) is 3. The van der Waals surface area contributed by atoms with Crippen molar-refractivity contribution in [1.82, 2.24) is 9.78 Å². The second-order valence-electron chi connectivity index (χ2n) is 5.38. The van der Waals surface area contributed by atoms with Crippen LogP contribution in [0.15, 0.2) is 12.4 Å². The summed E-state index contributed by atoms with van der Waals surface area (Å²) < 4.78 is 1.78. The molecule has 2 N–H and O–H groups in total. The van der Waals surface area contributed by atoms with Crippen LogP contribution in [-0.4, -0.2) is 22.1 Å². The van der Waals surface area contributed by atoms with Crippen LogP contribution in [0.25, 0.3) is 0 Å². The molecule has 1 aromatic rings. The lowest BCUT2D eigenvalue weighted by Crippen LogP contribution is -2.32. The fraction of sp³-hybridized carbons (Fsp3) is 0.714. The summed E-state index contributed by atoms with van der Waals surface area (Å²) in [5, 5.41) is 4.12. The van der Waals surface area contributed by atoms with Crippen molar-refractivity contribution in [2.45, 2.75) is 38.5 Å². The molecule has 2 atom stereocenters. The molecular weight excluding hydrogens is 226 g/mol. The molecule has 4 heteroatoms. The van der Waals surface area contributed by atoms with Gasteiger partial charge >= 0.3 is 0 Å². The lowest BCUT2D eigenvalue weighted by atomic mass is 9.76. The molecule has 0 bridgehead atoms. The van der Waals surface area contributed by atoms with Gasteiger partial charge in [0.15, 0.2) is 0 Å². The Kier molecular flexibility index (Phi) is 4.53. The molecule has 0 radical (unpaired) electrons. The Labute approximate surface area is 109 Å². The molecule has 18 heavy (non-hydrogen) atoms. The maximum absolute atomic E-state index is 12.3. The zero-order valence-corrected chi connectivity index (χ0v) is 11.1. The highest BCUT2D eigenvalue weighted by Crippen LogP contribution is 2.30. The summed E-state index contributed by atoms with van der Waals surface area (Å²) in [4.78, 5) is 12.3. The molecule has 2 unspecified atom stereocenters. The van der Waals surface area contributed by atoms with Crippen molar-refractivity contribution in [2.75, 3.05) is 6.54 Å². The Morgan fingerprint density at radius 1 is 1.50 bits per heavy atom. The van der Waals surface area contributed by atoms with Gasteiger partial charge in [-0.1, -0.05) is 12.8 Å². The lowest BCUT2D eigenvalue weighted by Gasteiger charge is -2.29. The van der Waals surface area contributed by atoms with E-state index in [0.717, 1.165) is 24.8 Å². The molecule has 1 aliphatic rings. The predicted molar refractivity (Wildman–Crippen MR) is 71.0 cm³/mol. The zero-order chi connectivity index (χ0) is 13.0. The normalized spacial score (nSPS) is 24.1. The van der Waals surface area contributed by atoms with E-state index in [1.54, 1.807) is 4.68 Å². The summed E-state index contributed by atoms with van der Waals surface area (Å²) in [5.74, 6) is 1.02. The van der Waals surface area contributed by atoms with Gasteiger partial charge in [0.05, 0.1) is 6.20 Å². The van der Waals surface area contributed by atoms with E-state index >= 15 is 0 Å². The van der Waals surface area contributed by atoms with Gasteiger partial charge in [-0.25, -0.2) is 0 Å². The predicted octanol–water partition coefficient (Wildman–Crippen LogP) is 1.69. The number of aryl methyl sites for hydroxylation is 2. The highest BCUT2D eigenvalue weighted by molar-refractivity contribution is 5.81. The van der Waals surface area contributed by atoms with Gasteiger partial charge in [-0.2, -0.15) is 5.10 Å². The number of nitrogens with zero attached hydrogens (tertiary/aromatic N) is 2. The van der Waals surface area contributed by atoms with Gasteiger partial charge in [0.2, 0.25) is 0 Å². The van der Waals surface area contributed by atoms with Gasteiger partial charge in [-0.05, 0) is 37.3 Å². The summed E-state index contributed by atoms with van der Waals surface area (Å²) in [6.07, 6.45) is 9.83. The number of carbonyl (C=O) groups is 1.